The summed E-state index contributed by atoms with van der Waals surface area (Å²) in [5.41, 5.74) is 6.46. The summed E-state index contributed by atoms with van der Waals surface area (Å²) in [6.07, 6.45) is 2.16. The summed E-state index contributed by atoms with van der Waals surface area (Å²) in [4.78, 5) is 11.0. The number of halogens is 2. The smallest absolute Gasteiger partial charge is 0.307 e. The summed E-state index contributed by atoms with van der Waals surface area (Å²) >= 11 is 12.1. The molecule has 0 bridgehead atoms. The average molecular weight is 304 g/mol. The fourth-order valence-corrected chi connectivity index (χ4v) is 2.49. The van der Waals surface area contributed by atoms with Gasteiger partial charge >= 0.3 is 5.97 Å². The molecule has 0 heterocycles. The molecule has 0 fully saturated rings. The van der Waals surface area contributed by atoms with Crippen LogP contribution in [0.25, 0.3) is 0 Å². The molecule has 0 saturated carbocycles. The number of aliphatic carboxylic acids is 1. The summed E-state index contributed by atoms with van der Waals surface area (Å²) in [5, 5.41) is 10.4. The maximum absolute atomic E-state index is 11.0. The van der Waals surface area contributed by atoms with Crippen molar-refractivity contribution in [3.63, 3.8) is 0 Å². The van der Waals surface area contributed by atoms with Crippen molar-refractivity contribution >= 4 is 29.2 Å². The van der Waals surface area contributed by atoms with Crippen LogP contribution in [-0.2, 0) is 11.2 Å². The van der Waals surface area contributed by atoms with Gasteiger partial charge in [0.1, 0.15) is 0 Å². The molecule has 0 aliphatic heterocycles. The molecule has 0 radical (unpaired) electrons. The Balaban J connectivity index is 2.76. The third kappa shape index (κ3) is 5.01. The topological polar surface area (TPSA) is 63.3 Å². The van der Waals surface area contributed by atoms with Gasteiger partial charge in [0.2, 0.25) is 0 Å². The second kappa shape index (κ2) is 7.73. The van der Waals surface area contributed by atoms with E-state index in [1.807, 2.05) is 13.0 Å². The van der Waals surface area contributed by atoms with Crippen molar-refractivity contribution in [1.82, 2.24) is 0 Å². The van der Waals surface area contributed by atoms with Gasteiger partial charge in [0, 0.05) is 16.6 Å². The van der Waals surface area contributed by atoms with E-state index in [4.69, 9.17) is 34.0 Å². The summed E-state index contributed by atoms with van der Waals surface area (Å²) in [6.45, 7) is 2.20. The largest absolute Gasteiger partial charge is 0.481 e. The Labute approximate surface area is 123 Å². The minimum absolute atomic E-state index is 0.162. The van der Waals surface area contributed by atoms with Crippen LogP contribution in [-0.4, -0.2) is 17.6 Å². The SMILES string of the molecule is CCC(Cc1cc(Cl)ccc1Cl)CC(CN)C(=O)O. The van der Waals surface area contributed by atoms with Gasteiger partial charge in [-0.15, -0.1) is 0 Å². The van der Waals surface area contributed by atoms with Gasteiger partial charge in [-0.2, -0.15) is 0 Å². The second-order valence-electron chi connectivity index (χ2n) is 4.72. The van der Waals surface area contributed by atoms with Gasteiger partial charge in [0.25, 0.3) is 0 Å². The van der Waals surface area contributed by atoms with E-state index in [2.05, 4.69) is 0 Å². The lowest BCUT2D eigenvalue weighted by molar-refractivity contribution is -0.142. The van der Waals surface area contributed by atoms with Crippen molar-refractivity contribution < 1.29 is 9.90 Å². The van der Waals surface area contributed by atoms with Crippen LogP contribution >= 0.6 is 23.2 Å². The zero-order valence-electron chi connectivity index (χ0n) is 10.9. The number of benzene rings is 1. The number of carboxylic acid groups (broad SMARTS) is 1. The molecule has 0 aromatic heterocycles. The molecule has 19 heavy (non-hydrogen) atoms. The standard InChI is InChI=1S/C14H19Cl2NO2/c1-2-9(6-11(8-17)14(18)19)5-10-7-12(15)3-4-13(10)16/h3-4,7,9,11H,2,5-6,8,17H2,1H3,(H,18,19). The molecule has 2 unspecified atom stereocenters. The van der Waals surface area contributed by atoms with Crippen LogP contribution < -0.4 is 5.73 Å². The summed E-state index contributed by atoms with van der Waals surface area (Å²) in [5.74, 6) is -1.10. The van der Waals surface area contributed by atoms with Crippen molar-refractivity contribution in [1.29, 1.82) is 0 Å². The third-order valence-electron chi connectivity index (χ3n) is 3.35. The number of rotatable bonds is 7. The predicted octanol–water partition coefficient (Wildman–Crippen LogP) is 3.61. The van der Waals surface area contributed by atoms with Gasteiger partial charge in [-0.05, 0) is 42.5 Å². The number of hydrogen-bond donors (Lipinski definition) is 2. The molecule has 1 aromatic carbocycles. The van der Waals surface area contributed by atoms with Crippen LogP contribution in [0.15, 0.2) is 18.2 Å². The molecule has 0 saturated heterocycles. The average Bonchev–Trinajstić information content (AvgIpc) is 2.37. The first-order chi connectivity index (χ1) is 8.97. The third-order valence-corrected chi connectivity index (χ3v) is 3.95. The molecule has 1 aromatic rings. The van der Waals surface area contributed by atoms with Crippen LogP contribution in [0, 0.1) is 11.8 Å². The van der Waals surface area contributed by atoms with E-state index in [-0.39, 0.29) is 12.5 Å². The fourth-order valence-electron chi connectivity index (χ4n) is 2.11. The molecule has 5 heteroatoms. The van der Waals surface area contributed by atoms with Crippen molar-refractivity contribution in [2.24, 2.45) is 17.6 Å². The highest BCUT2D eigenvalue weighted by atomic mass is 35.5. The first kappa shape index (κ1) is 16.3. The zero-order chi connectivity index (χ0) is 14.4. The molecule has 0 aliphatic rings. The highest BCUT2D eigenvalue weighted by Crippen LogP contribution is 2.27. The molecule has 106 valence electrons. The van der Waals surface area contributed by atoms with Gasteiger partial charge in [0.15, 0.2) is 0 Å². The molecule has 0 spiro atoms. The quantitative estimate of drug-likeness (QED) is 0.809. The van der Waals surface area contributed by atoms with E-state index >= 15 is 0 Å². The van der Waals surface area contributed by atoms with E-state index in [0.717, 1.165) is 18.4 Å². The molecule has 2 atom stereocenters. The van der Waals surface area contributed by atoms with Gasteiger partial charge in [0.05, 0.1) is 5.92 Å². The van der Waals surface area contributed by atoms with Crippen LogP contribution in [0.5, 0.6) is 0 Å². The Bertz CT molecular complexity index is 437. The van der Waals surface area contributed by atoms with Crippen LogP contribution in [0.1, 0.15) is 25.3 Å². The number of carboxylic acids is 1. The van der Waals surface area contributed by atoms with Crippen LogP contribution in [0.4, 0.5) is 0 Å². The summed E-state index contributed by atoms with van der Waals surface area (Å²) in [6, 6.07) is 5.35. The molecule has 3 N–H and O–H groups in total. The van der Waals surface area contributed by atoms with Gasteiger partial charge in [-0.3, -0.25) is 4.79 Å². The highest BCUT2D eigenvalue weighted by molar-refractivity contribution is 6.33. The molecular weight excluding hydrogens is 285 g/mol. The Hall–Kier alpha value is -0.770. The van der Waals surface area contributed by atoms with E-state index in [0.29, 0.717) is 16.5 Å². The molecule has 0 amide bonds. The van der Waals surface area contributed by atoms with Gasteiger partial charge in [-0.25, -0.2) is 0 Å². The number of carbonyl (C=O) groups is 1. The maximum atomic E-state index is 11.0. The molecule has 3 nitrogen and oxygen atoms in total. The Morgan fingerprint density at radius 2 is 2.11 bits per heavy atom. The van der Waals surface area contributed by atoms with Gasteiger partial charge < -0.3 is 10.8 Å². The Morgan fingerprint density at radius 3 is 2.63 bits per heavy atom. The second-order valence-corrected chi connectivity index (χ2v) is 5.56. The predicted molar refractivity (Wildman–Crippen MR) is 78.7 cm³/mol. The summed E-state index contributed by atoms with van der Waals surface area (Å²) < 4.78 is 0. The van der Waals surface area contributed by atoms with Crippen molar-refractivity contribution in [2.75, 3.05) is 6.54 Å². The van der Waals surface area contributed by atoms with E-state index in [1.165, 1.54) is 0 Å². The number of hydrogen-bond acceptors (Lipinski definition) is 2. The minimum Gasteiger partial charge on any atom is -0.481 e. The molecule has 1 rings (SSSR count). The van der Waals surface area contributed by atoms with E-state index in [1.54, 1.807) is 12.1 Å². The lowest BCUT2D eigenvalue weighted by Gasteiger charge is -2.19. The normalized spacial score (nSPS) is 14.1. The van der Waals surface area contributed by atoms with Crippen LogP contribution in [0.2, 0.25) is 10.0 Å². The lowest BCUT2D eigenvalue weighted by atomic mass is 9.87. The first-order valence-electron chi connectivity index (χ1n) is 6.34. The van der Waals surface area contributed by atoms with Gasteiger partial charge in [-0.1, -0.05) is 36.5 Å². The fraction of sp³-hybridized carbons (Fsp3) is 0.500. The molecular formula is C14H19Cl2NO2. The maximum Gasteiger partial charge on any atom is 0.307 e. The van der Waals surface area contributed by atoms with E-state index in [9.17, 15) is 4.79 Å². The minimum atomic E-state index is -0.835. The van der Waals surface area contributed by atoms with Crippen molar-refractivity contribution in [3.8, 4) is 0 Å². The Morgan fingerprint density at radius 1 is 1.42 bits per heavy atom. The first-order valence-corrected chi connectivity index (χ1v) is 7.10. The van der Waals surface area contributed by atoms with Crippen LogP contribution in [0.3, 0.4) is 0 Å². The van der Waals surface area contributed by atoms with Crippen molar-refractivity contribution in [2.45, 2.75) is 26.2 Å². The Kier molecular flexibility index (Phi) is 6.63. The lowest BCUT2D eigenvalue weighted by Crippen LogP contribution is -2.26. The monoisotopic (exact) mass is 303 g/mol. The summed E-state index contributed by atoms with van der Waals surface area (Å²) in [7, 11) is 0. The zero-order valence-corrected chi connectivity index (χ0v) is 12.4. The number of nitrogens with two attached hydrogens (primary N) is 1. The van der Waals surface area contributed by atoms with Crippen molar-refractivity contribution in [3.05, 3.63) is 33.8 Å². The molecule has 0 aliphatic carbocycles. The highest BCUT2D eigenvalue weighted by Gasteiger charge is 2.21. The van der Waals surface area contributed by atoms with E-state index < -0.39 is 11.9 Å².